The van der Waals surface area contributed by atoms with E-state index < -0.39 is 0 Å². The molecular formula is C10H10N4O2S2. The highest BCUT2D eigenvalue weighted by molar-refractivity contribution is 8.01. The van der Waals surface area contributed by atoms with Gasteiger partial charge in [0.1, 0.15) is 0 Å². The summed E-state index contributed by atoms with van der Waals surface area (Å²) >= 11 is 2.90. The van der Waals surface area contributed by atoms with Gasteiger partial charge >= 0.3 is 0 Å². The Kier molecular flexibility index (Phi) is 4.11. The van der Waals surface area contributed by atoms with Crippen LogP contribution in [0, 0.1) is 5.21 Å². The van der Waals surface area contributed by atoms with Crippen molar-refractivity contribution in [2.24, 2.45) is 0 Å². The summed E-state index contributed by atoms with van der Waals surface area (Å²) in [7, 11) is 0. The van der Waals surface area contributed by atoms with Crippen molar-refractivity contribution in [3.63, 3.8) is 0 Å². The summed E-state index contributed by atoms with van der Waals surface area (Å²) in [6.45, 7) is 2.02. The van der Waals surface area contributed by atoms with Crippen LogP contribution in [0.5, 0.6) is 0 Å². The normalized spacial score (nSPS) is 10.3. The van der Waals surface area contributed by atoms with Gasteiger partial charge in [-0.05, 0) is 5.75 Å². The first-order chi connectivity index (χ1) is 8.69. The molecule has 2 aromatic rings. The Labute approximate surface area is 112 Å². The van der Waals surface area contributed by atoms with Gasteiger partial charge in [-0.2, -0.15) is 4.73 Å². The predicted molar refractivity (Wildman–Crippen MR) is 69.7 cm³/mol. The van der Waals surface area contributed by atoms with E-state index >= 15 is 0 Å². The maximum absolute atomic E-state index is 11.8. The number of aromatic nitrogens is 3. The molecule has 8 heteroatoms. The van der Waals surface area contributed by atoms with Crippen molar-refractivity contribution in [3.8, 4) is 0 Å². The molecule has 0 bridgehead atoms. The molecular weight excluding hydrogens is 272 g/mol. The molecule has 0 aliphatic rings. The lowest BCUT2D eigenvalue weighted by Gasteiger charge is -2.00. The van der Waals surface area contributed by atoms with Crippen LogP contribution in [0.4, 0.5) is 5.13 Å². The molecule has 0 unspecified atom stereocenters. The third kappa shape index (κ3) is 3.17. The van der Waals surface area contributed by atoms with E-state index in [2.05, 4.69) is 15.5 Å². The zero-order valence-electron chi connectivity index (χ0n) is 9.49. The average molecular weight is 282 g/mol. The number of rotatable bonds is 4. The summed E-state index contributed by atoms with van der Waals surface area (Å²) < 4.78 is 1.44. The number of hydrogen-bond acceptors (Lipinski definition) is 6. The summed E-state index contributed by atoms with van der Waals surface area (Å²) in [5, 5.41) is 21.7. The standard InChI is InChI=1S/C10H10N4O2S2/c1-2-17-10-13-12-9(18-10)11-8(15)7-3-5-14(16)6-4-7/h3-6H,2H2,1H3,(H,11,12,15). The fourth-order valence-corrected chi connectivity index (χ4v) is 2.82. The van der Waals surface area contributed by atoms with Gasteiger partial charge < -0.3 is 5.21 Å². The molecule has 0 saturated heterocycles. The molecule has 2 heterocycles. The molecule has 1 N–H and O–H groups in total. The van der Waals surface area contributed by atoms with Gasteiger partial charge in [-0.3, -0.25) is 10.1 Å². The molecule has 0 aliphatic carbocycles. The molecule has 0 spiro atoms. The Morgan fingerprint density at radius 1 is 1.50 bits per heavy atom. The second-order valence-electron chi connectivity index (χ2n) is 3.21. The molecule has 2 rings (SSSR count). The lowest BCUT2D eigenvalue weighted by molar-refractivity contribution is -0.605. The van der Waals surface area contributed by atoms with E-state index in [4.69, 9.17) is 0 Å². The lowest BCUT2D eigenvalue weighted by Crippen LogP contribution is -2.25. The summed E-state index contributed by atoms with van der Waals surface area (Å²) in [6, 6.07) is 2.90. The van der Waals surface area contributed by atoms with E-state index in [1.165, 1.54) is 35.9 Å². The molecule has 0 atom stereocenters. The highest BCUT2D eigenvalue weighted by atomic mass is 32.2. The Morgan fingerprint density at radius 2 is 2.22 bits per heavy atom. The maximum Gasteiger partial charge on any atom is 0.257 e. The van der Waals surface area contributed by atoms with E-state index in [-0.39, 0.29) is 5.91 Å². The number of anilines is 1. The van der Waals surface area contributed by atoms with Crippen LogP contribution in [-0.2, 0) is 0 Å². The Balaban J connectivity index is 2.04. The monoisotopic (exact) mass is 282 g/mol. The molecule has 0 fully saturated rings. The summed E-state index contributed by atoms with van der Waals surface area (Å²) in [5.74, 6) is 0.602. The average Bonchev–Trinajstić information content (AvgIpc) is 2.78. The van der Waals surface area contributed by atoms with Crippen molar-refractivity contribution < 1.29 is 9.52 Å². The highest BCUT2D eigenvalue weighted by Gasteiger charge is 2.10. The zero-order valence-corrected chi connectivity index (χ0v) is 11.1. The second-order valence-corrected chi connectivity index (χ2v) is 5.70. The molecule has 94 valence electrons. The number of amides is 1. The molecule has 0 aromatic carbocycles. The highest BCUT2D eigenvalue weighted by Crippen LogP contribution is 2.25. The Hall–Kier alpha value is -1.67. The third-order valence-corrected chi connectivity index (χ3v) is 3.81. The minimum atomic E-state index is -0.306. The van der Waals surface area contributed by atoms with Gasteiger partial charge in [0.05, 0.1) is 5.56 Å². The molecule has 0 radical (unpaired) electrons. The minimum Gasteiger partial charge on any atom is -0.619 e. The van der Waals surface area contributed by atoms with E-state index in [1.54, 1.807) is 11.8 Å². The van der Waals surface area contributed by atoms with Crippen molar-refractivity contribution in [2.75, 3.05) is 11.1 Å². The quantitative estimate of drug-likeness (QED) is 0.398. The van der Waals surface area contributed by atoms with Crippen molar-refractivity contribution in [1.82, 2.24) is 10.2 Å². The molecule has 0 saturated carbocycles. The van der Waals surface area contributed by atoms with Gasteiger partial charge in [0.15, 0.2) is 16.7 Å². The van der Waals surface area contributed by atoms with Crippen LogP contribution in [0.2, 0.25) is 0 Å². The van der Waals surface area contributed by atoms with Crippen LogP contribution in [0.25, 0.3) is 0 Å². The molecule has 18 heavy (non-hydrogen) atoms. The maximum atomic E-state index is 11.8. The summed E-state index contributed by atoms with van der Waals surface area (Å²) in [4.78, 5) is 11.8. The third-order valence-electron chi connectivity index (χ3n) is 1.96. The van der Waals surface area contributed by atoms with E-state index in [0.29, 0.717) is 15.4 Å². The number of nitrogens with one attached hydrogen (secondary N) is 1. The lowest BCUT2D eigenvalue weighted by atomic mass is 10.2. The molecule has 6 nitrogen and oxygen atoms in total. The molecule has 2 aromatic heterocycles. The van der Waals surface area contributed by atoms with Crippen LogP contribution >= 0.6 is 23.1 Å². The summed E-state index contributed by atoms with van der Waals surface area (Å²) in [6.07, 6.45) is 2.54. The number of hydrogen-bond donors (Lipinski definition) is 1. The Bertz CT molecular complexity index is 541. The first-order valence-corrected chi connectivity index (χ1v) is 6.95. The number of pyridine rings is 1. The van der Waals surface area contributed by atoms with Crippen LogP contribution in [0.3, 0.4) is 0 Å². The van der Waals surface area contributed by atoms with Gasteiger partial charge in [-0.15, -0.1) is 10.2 Å². The first kappa shape index (κ1) is 12.8. The van der Waals surface area contributed by atoms with Gasteiger partial charge in [0, 0.05) is 12.1 Å². The van der Waals surface area contributed by atoms with Crippen molar-refractivity contribution >= 4 is 34.1 Å². The summed E-state index contributed by atoms with van der Waals surface area (Å²) in [5.41, 5.74) is 0.405. The fourth-order valence-electron chi connectivity index (χ4n) is 1.18. The van der Waals surface area contributed by atoms with Crippen molar-refractivity contribution in [1.29, 1.82) is 0 Å². The van der Waals surface area contributed by atoms with Crippen LogP contribution in [0.1, 0.15) is 17.3 Å². The number of carbonyl (C=O) groups is 1. The molecule has 0 aliphatic heterocycles. The van der Waals surface area contributed by atoms with Gasteiger partial charge in [0.2, 0.25) is 5.13 Å². The SMILES string of the molecule is CCSc1nnc(NC(=O)c2cc[n+]([O-])cc2)s1. The van der Waals surface area contributed by atoms with E-state index in [1.807, 2.05) is 6.92 Å². The smallest absolute Gasteiger partial charge is 0.257 e. The fraction of sp³-hybridized carbons (Fsp3) is 0.200. The molecule has 1 amide bonds. The van der Waals surface area contributed by atoms with Gasteiger partial charge in [-0.1, -0.05) is 30.0 Å². The first-order valence-electron chi connectivity index (χ1n) is 5.15. The zero-order chi connectivity index (χ0) is 13.0. The minimum absolute atomic E-state index is 0.306. The number of thioether (sulfide) groups is 1. The second kappa shape index (κ2) is 5.78. The van der Waals surface area contributed by atoms with Crippen molar-refractivity contribution in [3.05, 3.63) is 35.3 Å². The topological polar surface area (TPSA) is 81.8 Å². The number of carbonyl (C=O) groups excluding carboxylic acids is 1. The van der Waals surface area contributed by atoms with Crippen LogP contribution in [0.15, 0.2) is 28.9 Å². The van der Waals surface area contributed by atoms with E-state index in [0.717, 1.165) is 10.1 Å². The van der Waals surface area contributed by atoms with Crippen LogP contribution < -0.4 is 10.0 Å². The van der Waals surface area contributed by atoms with Gasteiger partial charge in [-0.25, -0.2) is 0 Å². The Morgan fingerprint density at radius 3 is 2.89 bits per heavy atom. The van der Waals surface area contributed by atoms with Gasteiger partial charge in [0.25, 0.3) is 5.91 Å². The number of nitrogens with zero attached hydrogens (tertiary/aromatic N) is 3. The van der Waals surface area contributed by atoms with Crippen molar-refractivity contribution in [2.45, 2.75) is 11.3 Å². The van der Waals surface area contributed by atoms with Crippen LogP contribution in [-0.4, -0.2) is 21.9 Å². The predicted octanol–water partition coefficient (Wildman–Crippen LogP) is 1.54. The van der Waals surface area contributed by atoms with E-state index in [9.17, 15) is 10.0 Å². The largest absolute Gasteiger partial charge is 0.619 e.